The zero-order valence-electron chi connectivity index (χ0n) is 18.0. The van der Waals surface area contributed by atoms with Gasteiger partial charge in [0.15, 0.2) is 17.3 Å². The van der Waals surface area contributed by atoms with Crippen molar-refractivity contribution in [3.63, 3.8) is 0 Å². The van der Waals surface area contributed by atoms with Gasteiger partial charge in [-0.15, -0.1) is 0 Å². The van der Waals surface area contributed by atoms with Crippen molar-refractivity contribution in [1.29, 1.82) is 0 Å². The number of ether oxygens (including phenoxy) is 5. The van der Waals surface area contributed by atoms with Crippen LogP contribution in [0.3, 0.4) is 0 Å². The number of carbonyl (C=O) groups excluding carboxylic acids is 1. The van der Waals surface area contributed by atoms with Crippen LogP contribution in [0, 0.1) is 0 Å². The number of fused-ring (bicyclic) bond motifs is 4. The molecule has 3 aromatic carbocycles. The molecular formula is C26H24O6. The first-order valence-electron chi connectivity index (χ1n) is 10.7. The second-order valence-corrected chi connectivity index (χ2v) is 7.72. The highest BCUT2D eigenvalue weighted by Gasteiger charge is 2.43. The molecule has 0 unspecified atom stereocenters. The molecule has 6 heteroatoms. The number of benzene rings is 3. The van der Waals surface area contributed by atoms with Crippen molar-refractivity contribution < 1.29 is 28.5 Å². The molecule has 2 heterocycles. The molecule has 0 spiro atoms. The molecule has 2 aliphatic heterocycles. The number of methoxy groups -OCH3 is 1. The molecule has 0 bridgehead atoms. The Morgan fingerprint density at radius 3 is 2.59 bits per heavy atom. The fourth-order valence-corrected chi connectivity index (χ4v) is 4.20. The number of rotatable bonds is 6. The Balaban J connectivity index is 1.42. The molecule has 0 fully saturated rings. The summed E-state index contributed by atoms with van der Waals surface area (Å²) in [5.41, 5.74) is 2.36. The number of Topliss-reactive ketones (excluding diaryl/α,β-unsaturated/α-hetero) is 1. The molecule has 2 atom stereocenters. The van der Waals surface area contributed by atoms with Crippen LogP contribution in [0.2, 0.25) is 0 Å². The summed E-state index contributed by atoms with van der Waals surface area (Å²) in [6.45, 7) is 3.13. The van der Waals surface area contributed by atoms with E-state index in [0.717, 1.165) is 11.1 Å². The molecule has 2 aliphatic rings. The molecule has 6 nitrogen and oxygen atoms in total. The molecule has 0 radical (unpaired) electrons. The molecule has 164 valence electrons. The van der Waals surface area contributed by atoms with Crippen LogP contribution in [-0.4, -0.2) is 32.2 Å². The van der Waals surface area contributed by atoms with E-state index in [2.05, 4.69) is 0 Å². The van der Waals surface area contributed by atoms with E-state index in [1.54, 1.807) is 25.3 Å². The Hall–Kier alpha value is -3.67. The SMILES string of the molecule is CCOc1cc2c(cc1OC)[C@@H]1C(=O)c3ccc(OCc4ccccc4)cc3O[C@@H]1CO2. The van der Waals surface area contributed by atoms with E-state index < -0.39 is 12.0 Å². The zero-order valence-corrected chi connectivity index (χ0v) is 18.0. The first-order valence-corrected chi connectivity index (χ1v) is 10.7. The van der Waals surface area contributed by atoms with Gasteiger partial charge in [0, 0.05) is 17.7 Å². The lowest BCUT2D eigenvalue weighted by Gasteiger charge is -2.37. The van der Waals surface area contributed by atoms with E-state index in [-0.39, 0.29) is 12.4 Å². The number of hydrogen-bond donors (Lipinski definition) is 0. The van der Waals surface area contributed by atoms with Gasteiger partial charge in [-0.2, -0.15) is 0 Å². The van der Waals surface area contributed by atoms with Gasteiger partial charge >= 0.3 is 0 Å². The molecule has 0 saturated heterocycles. The summed E-state index contributed by atoms with van der Waals surface area (Å²) < 4.78 is 29.2. The van der Waals surface area contributed by atoms with E-state index in [1.807, 2.05) is 49.4 Å². The maximum Gasteiger partial charge on any atom is 0.178 e. The summed E-state index contributed by atoms with van der Waals surface area (Å²) in [6, 6.07) is 18.9. The van der Waals surface area contributed by atoms with E-state index in [1.165, 1.54) is 0 Å². The van der Waals surface area contributed by atoms with Gasteiger partial charge in [-0.25, -0.2) is 0 Å². The second kappa shape index (κ2) is 8.46. The molecule has 5 rings (SSSR count). The lowest BCUT2D eigenvalue weighted by molar-refractivity contribution is 0.0556. The highest BCUT2D eigenvalue weighted by Crippen LogP contribution is 2.47. The van der Waals surface area contributed by atoms with Crippen molar-refractivity contribution in [2.45, 2.75) is 25.6 Å². The number of carbonyl (C=O) groups is 1. The summed E-state index contributed by atoms with van der Waals surface area (Å²) in [5.74, 6) is 2.49. The van der Waals surface area contributed by atoms with Gasteiger partial charge in [-0.1, -0.05) is 30.3 Å². The van der Waals surface area contributed by atoms with Crippen LogP contribution in [0.25, 0.3) is 0 Å². The molecule has 32 heavy (non-hydrogen) atoms. The van der Waals surface area contributed by atoms with E-state index in [0.29, 0.717) is 47.5 Å². The Morgan fingerprint density at radius 1 is 0.969 bits per heavy atom. The number of ketones is 1. The molecule has 0 N–H and O–H groups in total. The molecule has 0 amide bonds. The summed E-state index contributed by atoms with van der Waals surface area (Å²) in [5, 5.41) is 0. The minimum atomic E-state index is -0.466. The average Bonchev–Trinajstić information content (AvgIpc) is 2.83. The minimum absolute atomic E-state index is 0.00150. The quantitative estimate of drug-likeness (QED) is 0.558. The predicted octanol–water partition coefficient (Wildman–Crippen LogP) is 4.79. The molecule has 0 aliphatic carbocycles. The van der Waals surface area contributed by atoms with Gasteiger partial charge in [-0.3, -0.25) is 4.79 Å². The third kappa shape index (κ3) is 3.62. The van der Waals surface area contributed by atoms with Crippen molar-refractivity contribution in [2.24, 2.45) is 0 Å². The second-order valence-electron chi connectivity index (χ2n) is 7.72. The molecule has 0 saturated carbocycles. The van der Waals surface area contributed by atoms with Gasteiger partial charge in [0.1, 0.15) is 36.6 Å². The van der Waals surface area contributed by atoms with Gasteiger partial charge in [0.25, 0.3) is 0 Å². The first-order chi connectivity index (χ1) is 15.7. The normalized spacial score (nSPS) is 18.4. The monoisotopic (exact) mass is 432 g/mol. The third-order valence-corrected chi connectivity index (χ3v) is 5.73. The fraction of sp³-hybridized carbons (Fsp3) is 0.269. The molecule has 0 aromatic heterocycles. The summed E-state index contributed by atoms with van der Waals surface area (Å²) in [7, 11) is 1.58. The van der Waals surface area contributed by atoms with Crippen molar-refractivity contribution in [3.8, 4) is 28.7 Å². The van der Waals surface area contributed by atoms with Gasteiger partial charge in [0.05, 0.1) is 25.2 Å². The standard InChI is InChI=1S/C26H24O6/c1-3-29-23-13-20-19(12-22(23)28-2)25-24(15-31-20)32-21-11-17(9-10-18(21)26(25)27)30-14-16-7-5-4-6-8-16/h4-13,24-25H,3,14-15H2,1-2H3/t24-,25+/m1/s1. The Bertz CT molecular complexity index is 1140. The van der Waals surface area contributed by atoms with Crippen LogP contribution < -0.4 is 23.7 Å². The van der Waals surface area contributed by atoms with Crippen LogP contribution in [-0.2, 0) is 6.61 Å². The van der Waals surface area contributed by atoms with E-state index >= 15 is 0 Å². The van der Waals surface area contributed by atoms with Crippen LogP contribution in [0.4, 0.5) is 0 Å². The largest absolute Gasteiger partial charge is 0.493 e. The Labute approximate surface area is 186 Å². The van der Waals surface area contributed by atoms with Crippen LogP contribution in [0.1, 0.15) is 34.3 Å². The maximum atomic E-state index is 13.5. The number of hydrogen-bond acceptors (Lipinski definition) is 6. The highest BCUT2D eigenvalue weighted by molar-refractivity contribution is 6.05. The topological polar surface area (TPSA) is 63.2 Å². The summed E-state index contributed by atoms with van der Waals surface area (Å²) in [4.78, 5) is 13.5. The van der Waals surface area contributed by atoms with Gasteiger partial charge in [-0.05, 0) is 30.7 Å². The minimum Gasteiger partial charge on any atom is -0.493 e. The fourth-order valence-electron chi connectivity index (χ4n) is 4.20. The molecular weight excluding hydrogens is 408 g/mol. The van der Waals surface area contributed by atoms with E-state index in [4.69, 9.17) is 23.7 Å². The van der Waals surface area contributed by atoms with Crippen LogP contribution in [0.5, 0.6) is 28.7 Å². The lowest BCUT2D eigenvalue weighted by atomic mass is 9.82. The highest BCUT2D eigenvalue weighted by atomic mass is 16.5. The molecule has 3 aromatic rings. The zero-order chi connectivity index (χ0) is 22.1. The smallest absolute Gasteiger partial charge is 0.178 e. The van der Waals surface area contributed by atoms with Crippen molar-refractivity contribution in [1.82, 2.24) is 0 Å². The predicted molar refractivity (Wildman–Crippen MR) is 118 cm³/mol. The van der Waals surface area contributed by atoms with Crippen LogP contribution in [0.15, 0.2) is 60.7 Å². The summed E-state index contributed by atoms with van der Waals surface area (Å²) in [6.07, 6.45) is -0.422. The average molecular weight is 432 g/mol. The Morgan fingerprint density at radius 2 is 1.81 bits per heavy atom. The van der Waals surface area contributed by atoms with Gasteiger partial charge in [0.2, 0.25) is 0 Å². The van der Waals surface area contributed by atoms with Crippen molar-refractivity contribution >= 4 is 5.78 Å². The van der Waals surface area contributed by atoms with Crippen molar-refractivity contribution in [2.75, 3.05) is 20.3 Å². The summed E-state index contributed by atoms with van der Waals surface area (Å²) >= 11 is 0. The van der Waals surface area contributed by atoms with Gasteiger partial charge < -0.3 is 23.7 Å². The van der Waals surface area contributed by atoms with E-state index in [9.17, 15) is 4.79 Å². The first kappa shape index (κ1) is 20.2. The lowest BCUT2D eigenvalue weighted by Crippen LogP contribution is -2.43. The Kier molecular flexibility index (Phi) is 5.35. The third-order valence-electron chi connectivity index (χ3n) is 5.73. The van der Waals surface area contributed by atoms with Crippen molar-refractivity contribution in [3.05, 3.63) is 77.4 Å². The maximum absolute atomic E-state index is 13.5. The van der Waals surface area contributed by atoms with Crippen LogP contribution >= 0.6 is 0 Å².